The summed E-state index contributed by atoms with van der Waals surface area (Å²) in [5, 5.41) is 0. The molecule has 0 fully saturated rings. The van der Waals surface area contributed by atoms with Crippen molar-refractivity contribution in [1.29, 1.82) is 0 Å². The van der Waals surface area contributed by atoms with Gasteiger partial charge in [0.2, 0.25) is 0 Å². The van der Waals surface area contributed by atoms with Crippen LogP contribution in [0.15, 0.2) is 29.8 Å². The van der Waals surface area contributed by atoms with Crippen molar-refractivity contribution in [3.05, 3.63) is 41.0 Å². The Morgan fingerprint density at radius 2 is 1.70 bits per heavy atom. The van der Waals surface area contributed by atoms with Gasteiger partial charge in [0.05, 0.1) is 11.8 Å². The molecule has 1 aliphatic rings. The maximum Gasteiger partial charge on any atom is 0.190 e. The highest BCUT2D eigenvalue weighted by atomic mass is 35.6. The lowest BCUT2D eigenvalue weighted by Crippen LogP contribution is -2.42. The second-order valence-corrected chi connectivity index (χ2v) is 20.7. The molecule has 1 nitrogen and oxygen atoms in total. The zero-order valence-corrected chi connectivity index (χ0v) is 18.4. The van der Waals surface area contributed by atoms with Crippen LogP contribution >= 0.6 is 11.1 Å². The molecule has 1 aromatic rings. The maximum atomic E-state index is 7.19. The van der Waals surface area contributed by atoms with E-state index in [2.05, 4.69) is 77.3 Å². The SMILES string of the molecule is CC(C)(C)OC[Si](C)(Cl)C1C(C[Si](C)(C)C)=Cc2ccccc21. The van der Waals surface area contributed by atoms with Gasteiger partial charge in [0.15, 0.2) is 7.38 Å². The second-order valence-electron chi connectivity index (χ2n) is 9.20. The smallest absolute Gasteiger partial charge is 0.190 e. The molecule has 128 valence electrons. The molecule has 2 rings (SSSR count). The number of hydrogen-bond acceptors (Lipinski definition) is 1. The average Bonchev–Trinajstić information content (AvgIpc) is 2.71. The van der Waals surface area contributed by atoms with Gasteiger partial charge in [-0.1, -0.05) is 62.1 Å². The standard InChI is InChI=1S/C19H31ClOSi2/c1-19(2,3)21-14-23(7,20)18-16(13-22(4,5)6)12-15-10-8-9-11-17(15)18/h8-12,18H,13-14H2,1-7H3. The van der Waals surface area contributed by atoms with Gasteiger partial charge in [-0.25, -0.2) is 0 Å². The largest absolute Gasteiger partial charge is 0.378 e. The Labute approximate surface area is 148 Å². The van der Waals surface area contributed by atoms with Crippen molar-refractivity contribution < 1.29 is 4.74 Å². The van der Waals surface area contributed by atoms with Crippen molar-refractivity contribution >= 4 is 32.6 Å². The van der Waals surface area contributed by atoms with Gasteiger partial charge in [-0.3, -0.25) is 0 Å². The van der Waals surface area contributed by atoms with Crippen LogP contribution in [0, 0.1) is 0 Å². The van der Waals surface area contributed by atoms with Gasteiger partial charge in [-0.05, 0) is 37.9 Å². The fourth-order valence-electron chi connectivity index (χ4n) is 3.31. The first-order valence-corrected chi connectivity index (χ1v) is 16.0. The first-order valence-electron chi connectivity index (χ1n) is 8.51. The van der Waals surface area contributed by atoms with Crippen LogP contribution in [0.4, 0.5) is 0 Å². The van der Waals surface area contributed by atoms with Crippen molar-refractivity contribution in [2.45, 2.75) is 64.1 Å². The van der Waals surface area contributed by atoms with Crippen molar-refractivity contribution in [3.63, 3.8) is 0 Å². The molecule has 0 radical (unpaired) electrons. The number of allylic oxidation sites excluding steroid dienone is 1. The van der Waals surface area contributed by atoms with Crippen molar-refractivity contribution in [1.82, 2.24) is 0 Å². The highest BCUT2D eigenvalue weighted by Crippen LogP contribution is 2.47. The third-order valence-electron chi connectivity index (χ3n) is 4.14. The van der Waals surface area contributed by atoms with E-state index < -0.39 is 15.5 Å². The molecular weight excluding hydrogens is 336 g/mol. The topological polar surface area (TPSA) is 9.23 Å². The van der Waals surface area contributed by atoms with Crippen LogP contribution in [0.3, 0.4) is 0 Å². The van der Waals surface area contributed by atoms with Crippen LogP contribution in [0.25, 0.3) is 6.08 Å². The zero-order valence-electron chi connectivity index (χ0n) is 15.7. The lowest BCUT2D eigenvalue weighted by Gasteiger charge is -2.34. The van der Waals surface area contributed by atoms with Crippen LogP contribution in [0.5, 0.6) is 0 Å². The number of rotatable bonds is 5. The molecule has 1 aliphatic carbocycles. The van der Waals surface area contributed by atoms with Crippen LogP contribution in [-0.2, 0) is 4.74 Å². The fraction of sp³-hybridized carbons (Fsp3) is 0.579. The maximum absolute atomic E-state index is 7.19. The molecule has 23 heavy (non-hydrogen) atoms. The quantitative estimate of drug-likeness (QED) is 0.444. The van der Waals surface area contributed by atoms with Crippen LogP contribution < -0.4 is 0 Å². The number of hydrogen-bond donors (Lipinski definition) is 0. The van der Waals surface area contributed by atoms with Gasteiger partial charge in [-0.2, -0.15) is 11.1 Å². The van der Waals surface area contributed by atoms with Gasteiger partial charge in [0, 0.05) is 13.6 Å². The number of fused-ring (bicyclic) bond motifs is 1. The lowest BCUT2D eigenvalue weighted by atomic mass is 10.1. The van der Waals surface area contributed by atoms with Crippen LogP contribution in [-0.4, -0.2) is 27.3 Å². The molecule has 4 heteroatoms. The predicted octanol–water partition coefficient (Wildman–Crippen LogP) is 6.21. The minimum Gasteiger partial charge on any atom is -0.378 e. The molecule has 0 aromatic heterocycles. The molecule has 1 aromatic carbocycles. The Morgan fingerprint density at radius 1 is 1.09 bits per heavy atom. The van der Waals surface area contributed by atoms with Crippen LogP contribution in [0.2, 0.25) is 32.2 Å². The van der Waals surface area contributed by atoms with Gasteiger partial charge in [-0.15, -0.1) is 0 Å². The molecule has 0 heterocycles. The molecule has 0 spiro atoms. The minimum absolute atomic E-state index is 0.135. The van der Waals surface area contributed by atoms with E-state index in [-0.39, 0.29) is 5.60 Å². The predicted molar refractivity (Wildman–Crippen MR) is 108 cm³/mol. The van der Waals surface area contributed by atoms with Gasteiger partial charge < -0.3 is 4.74 Å². The number of benzene rings is 1. The number of ether oxygens (including phenoxy) is 1. The summed E-state index contributed by atoms with van der Waals surface area (Å²) in [6, 6.07) is 9.98. The Bertz CT molecular complexity index is 594. The zero-order chi connectivity index (χ0) is 17.5. The van der Waals surface area contributed by atoms with Gasteiger partial charge >= 0.3 is 0 Å². The van der Waals surface area contributed by atoms with E-state index in [1.165, 1.54) is 17.2 Å². The molecule has 0 saturated carbocycles. The Balaban J connectivity index is 2.33. The number of halogens is 1. The summed E-state index contributed by atoms with van der Waals surface area (Å²) in [6.45, 7) is 15.9. The van der Waals surface area contributed by atoms with Crippen molar-refractivity contribution in [2.75, 3.05) is 6.23 Å². The third-order valence-corrected chi connectivity index (χ3v) is 9.19. The van der Waals surface area contributed by atoms with Crippen molar-refractivity contribution in [3.8, 4) is 0 Å². The molecule has 0 saturated heterocycles. The molecule has 0 amide bonds. The van der Waals surface area contributed by atoms with Crippen molar-refractivity contribution in [2.24, 2.45) is 0 Å². The van der Waals surface area contributed by atoms with E-state index in [4.69, 9.17) is 15.8 Å². The molecule has 2 unspecified atom stereocenters. The van der Waals surface area contributed by atoms with Crippen LogP contribution in [0.1, 0.15) is 37.4 Å². The summed E-state index contributed by atoms with van der Waals surface area (Å²) in [5.41, 5.74) is 4.58. The molecule has 0 N–H and O–H groups in total. The summed E-state index contributed by atoms with van der Waals surface area (Å²) in [5.74, 6) is 0. The Hall–Kier alpha value is -0.356. The normalized spacial score (nSPS) is 20.9. The average molecular weight is 367 g/mol. The molecule has 2 atom stereocenters. The Kier molecular flexibility index (Phi) is 5.37. The summed E-state index contributed by atoms with van der Waals surface area (Å²) in [6.07, 6.45) is 3.10. The van der Waals surface area contributed by atoms with E-state index in [1.54, 1.807) is 5.57 Å². The summed E-state index contributed by atoms with van der Waals surface area (Å²) in [4.78, 5) is 0. The third kappa shape index (κ3) is 5.06. The Morgan fingerprint density at radius 3 is 2.26 bits per heavy atom. The summed E-state index contributed by atoms with van der Waals surface area (Å²) < 4.78 is 6.11. The summed E-state index contributed by atoms with van der Waals surface area (Å²) in [7, 11) is -3.28. The second kappa shape index (κ2) is 6.51. The molecule has 0 bridgehead atoms. The van der Waals surface area contributed by atoms with E-state index in [0.29, 0.717) is 11.8 Å². The first-order chi connectivity index (χ1) is 10.4. The highest BCUT2D eigenvalue weighted by Gasteiger charge is 2.43. The van der Waals surface area contributed by atoms with Gasteiger partial charge in [0.1, 0.15) is 0 Å². The summed E-state index contributed by atoms with van der Waals surface area (Å²) >= 11 is 7.19. The first kappa shape index (κ1) is 19.0. The monoisotopic (exact) mass is 366 g/mol. The highest BCUT2D eigenvalue weighted by molar-refractivity contribution is 7.20. The molecule has 0 aliphatic heterocycles. The fourth-order valence-corrected chi connectivity index (χ4v) is 8.73. The van der Waals surface area contributed by atoms with E-state index >= 15 is 0 Å². The van der Waals surface area contributed by atoms with Gasteiger partial charge in [0.25, 0.3) is 0 Å². The lowest BCUT2D eigenvalue weighted by molar-refractivity contribution is 0.0225. The molecular formula is C19H31ClOSi2. The van der Waals surface area contributed by atoms with E-state index in [9.17, 15) is 0 Å². The minimum atomic E-state index is -2.09. The van der Waals surface area contributed by atoms with E-state index in [0.717, 1.165) is 0 Å². The van der Waals surface area contributed by atoms with E-state index in [1.807, 2.05) is 0 Å².